The van der Waals surface area contributed by atoms with Crippen LogP contribution in [0.2, 0.25) is 0 Å². The van der Waals surface area contributed by atoms with Crippen LogP contribution in [-0.4, -0.2) is 42.9 Å². The second kappa shape index (κ2) is 9.05. The highest BCUT2D eigenvalue weighted by atomic mass is 15.1. The van der Waals surface area contributed by atoms with Crippen molar-refractivity contribution < 1.29 is 0 Å². The molecule has 3 aromatic rings. The molecular formula is C21H25N7. The molecule has 0 aliphatic carbocycles. The molecule has 0 fully saturated rings. The molecule has 1 aromatic heterocycles. The number of nitrogens with zero attached hydrogens (tertiary/aromatic N) is 4. The number of nitrogens with one attached hydrogen (secondary N) is 2. The van der Waals surface area contributed by atoms with Crippen LogP contribution in [0.5, 0.6) is 0 Å². The zero-order valence-corrected chi connectivity index (χ0v) is 16.2. The van der Waals surface area contributed by atoms with Crippen molar-refractivity contribution >= 4 is 33.8 Å². The van der Waals surface area contributed by atoms with Gasteiger partial charge in [0.05, 0.1) is 5.69 Å². The molecule has 4 N–H and O–H groups in total. The number of hydrogen-bond donors (Lipinski definition) is 3. The smallest absolute Gasteiger partial charge is 0.154 e. The van der Waals surface area contributed by atoms with Gasteiger partial charge in [0.15, 0.2) is 5.82 Å². The van der Waals surface area contributed by atoms with Gasteiger partial charge in [-0.1, -0.05) is 24.3 Å². The van der Waals surface area contributed by atoms with Crippen molar-refractivity contribution in [1.82, 2.24) is 9.88 Å². The zero-order chi connectivity index (χ0) is 19.9. The van der Waals surface area contributed by atoms with E-state index < -0.39 is 0 Å². The van der Waals surface area contributed by atoms with Crippen LogP contribution < -0.4 is 11.1 Å². The lowest BCUT2D eigenvalue weighted by Crippen LogP contribution is -2.16. The summed E-state index contributed by atoms with van der Waals surface area (Å²) < 4.78 is 0. The maximum atomic E-state index is 7.47. The molecule has 0 amide bonds. The molecule has 7 heteroatoms. The first kappa shape index (κ1) is 19.4. The summed E-state index contributed by atoms with van der Waals surface area (Å²) >= 11 is 0. The van der Waals surface area contributed by atoms with Gasteiger partial charge in [0.2, 0.25) is 0 Å². The average Bonchev–Trinajstić information content (AvgIpc) is 2.70. The first-order valence-electron chi connectivity index (χ1n) is 9.17. The first-order chi connectivity index (χ1) is 13.5. The molecule has 144 valence electrons. The van der Waals surface area contributed by atoms with Crippen molar-refractivity contribution in [3.8, 4) is 0 Å². The normalized spacial score (nSPS) is 11.4. The monoisotopic (exact) mass is 375 g/mol. The Labute approximate surface area is 164 Å². The van der Waals surface area contributed by atoms with Crippen molar-refractivity contribution in [3.63, 3.8) is 0 Å². The Hall–Kier alpha value is -3.32. The molecule has 0 saturated carbocycles. The molecule has 0 aliphatic heterocycles. The number of hydrogen-bond acceptors (Lipinski definition) is 6. The summed E-state index contributed by atoms with van der Waals surface area (Å²) in [5.74, 6) is 0.757. The van der Waals surface area contributed by atoms with E-state index >= 15 is 0 Å². The molecule has 0 aliphatic rings. The van der Waals surface area contributed by atoms with E-state index in [1.807, 2.05) is 30.5 Å². The minimum absolute atomic E-state index is 0.0333. The number of aromatic nitrogens is 1. The fourth-order valence-electron chi connectivity index (χ4n) is 2.80. The fourth-order valence-corrected chi connectivity index (χ4v) is 2.80. The van der Waals surface area contributed by atoms with Gasteiger partial charge in [0.25, 0.3) is 0 Å². The maximum Gasteiger partial charge on any atom is 0.154 e. The summed E-state index contributed by atoms with van der Waals surface area (Å²) in [6.07, 6.45) is 2.86. The van der Waals surface area contributed by atoms with Gasteiger partial charge in [0.1, 0.15) is 11.5 Å². The molecule has 1 heterocycles. The predicted octanol–water partition coefficient (Wildman–Crippen LogP) is 4.30. The Balaban J connectivity index is 1.88. The second-order valence-corrected chi connectivity index (χ2v) is 6.79. The molecule has 0 unspecified atom stereocenters. The SMILES string of the molecule is CN(C)CCCNc1ncc2ccccc2c1/N=N/c1ccc(C(=N)N)cc1. The molecule has 0 radical (unpaired) electrons. The third kappa shape index (κ3) is 4.89. The highest BCUT2D eigenvalue weighted by Crippen LogP contribution is 2.33. The van der Waals surface area contributed by atoms with E-state index in [9.17, 15) is 0 Å². The van der Waals surface area contributed by atoms with Gasteiger partial charge in [-0.15, -0.1) is 5.11 Å². The highest BCUT2D eigenvalue weighted by molar-refractivity contribution is 5.96. The molecule has 3 rings (SSSR count). The van der Waals surface area contributed by atoms with E-state index in [0.717, 1.165) is 41.8 Å². The standard InChI is InChI=1S/C21H25N7/c1-28(2)13-5-12-24-21-19(18-7-4-3-6-16(18)14-25-21)27-26-17-10-8-15(9-11-17)20(22)23/h3-4,6-11,14H,5,12-13H2,1-2H3,(H3,22,23)(H,24,25)/b27-26+. The van der Waals surface area contributed by atoms with Gasteiger partial charge >= 0.3 is 0 Å². The van der Waals surface area contributed by atoms with Gasteiger partial charge < -0.3 is 16.0 Å². The molecule has 0 bridgehead atoms. The van der Waals surface area contributed by atoms with E-state index in [-0.39, 0.29) is 5.84 Å². The second-order valence-electron chi connectivity index (χ2n) is 6.79. The highest BCUT2D eigenvalue weighted by Gasteiger charge is 2.09. The van der Waals surface area contributed by atoms with Crippen LogP contribution in [0.1, 0.15) is 12.0 Å². The van der Waals surface area contributed by atoms with Gasteiger partial charge in [-0.3, -0.25) is 5.41 Å². The van der Waals surface area contributed by atoms with Gasteiger partial charge in [0, 0.05) is 29.1 Å². The summed E-state index contributed by atoms with van der Waals surface area (Å²) in [6, 6.07) is 15.1. The van der Waals surface area contributed by atoms with Crippen molar-refractivity contribution in [3.05, 3.63) is 60.3 Å². The van der Waals surface area contributed by atoms with Crippen molar-refractivity contribution in [2.75, 3.05) is 32.5 Å². The van der Waals surface area contributed by atoms with Crippen molar-refractivity contribution in [2.45, 2.75) is 6.42 Å². The average molecular weight is 375 g/mol. The van der Waals surface area contributed by atoms with Crippen LogP contribution >= 0.6 is 0 Å². The lowest BCUT2D eigenvalue weighted by molar-refractivity contribution is 0.405. The minimum atomic E-state index is 0.0333. The largest absolute Gasteiger partial charge is 0.384 e. The van der Waals surface area contributed by atoms with Gasteiger partial charge in [-0.25, -0.2) is 4.98 Å². The van der Waals surface area contributed by atoms with Crippen LogP contribution in [0, 0.1) is 5.41 Å². The number of benzene rings is 2. The molecule has 2 aromatic carbocycles. The Morgan fingerprint density at radius 2 is 1.86 bits per heavy atom. The fraction of sp³-hybridized carbons (Fsp3) is 0.238. The number of nitrogens with two attached hydrogens (primary N) is 1. The minimum Gasteiger partial charge on any atom is -0.384 e. The first-order valence-corrected chi connectivity index (χ1v) is 9.17. The number of amidine groups is 1. The lowest BCUT2D eigenvalue weighted by atomic mass is 10.1. The Morgan fingerprint density at radius 3 is 2.57 bits per heavy atom. The summed E-state index contributed by atoms with van der Waals surface area (Å²) in [5, 5.41) is 21.7. The third-order valence-electron chi connectivity index (χ3n) is 4.29. The van der Waals surface area contributed by atoms with E-state index in [2.05, 4.69) is 39.5 Å². The number of nitrogen functional groups attached to an aromatic ring is 1. The molecule has 0 atom stereocenters. The number of anilines is 1. The molecule has 0 saturated heterocycles. The Kier molecular flexibility index (Phi) is 6.29. The molecule has 28 heavy (non-hydrogen) atoms. The summed E-state index contributed by atoms with van der Waals surface area (Å²) in [7, 11) is 4.12. The molecule has 0 spiro atoms. The third-order valence-corrected chi connectivity index (χ3v) is 4.29. The Morgan fingerprint density at radius 1 is 1.11 bits per heavy atom. The van der Waals surface area contributed by atoms with E-state index in [0.29, 0.717) is 11.3 Å². The van der Waals surface area contributed by atoms with Crippen LogP contribution in [-0.2, 0) is 0 Å². The van der Waals surface area contributed by atoms with Crippen LogP contribution in [0.3, 0.4) is 0 Å². The summed E-state index contributed by atoms with van der Waals surface area (Å²) in [6.45, 7) is 1.80. The molecule has 7 nitrogen and oxygen atoms in total. The van der Waals surface area contributed by atoms with Crippen molar-refractivity contribution in [1.29, 1.82) is 5.41 Å². The van der Waals surface area contributed by atoms with Crippen LogP contribution in [0.15, 0.2) is 65.0 Å². The molecular weight excluding hydrogens is 350 g/mol. The van der Waals surface area contributed by atoms with Crippen LogP contribution in [0.25, 0.3) is 10.8 Å². The van der Waals surface area contributed by atoms with Gasteiger partial charge in [-0.2, -0.15) is 5.11 Å². The topological polar surface area (TPSA) is 103 Å². The lowest BCUT2D eigenvalue weighted by Gasteiger charge is -2.12. The number of pyridine rings is 1. The predicted molar refractivity (Wildman–Crippen MR) is 115 cm³/mol. The van der Waals surface area contributed by atoms with Gasteiger partial charge in [-0.05, 0) is 51.3 Å². The maximum absolute atomic E-state index is 7.47. The van der Waals surface area contributed by atoms with Crippen LogP contribution in [0.4, 0.5) is 17.2 Å². The number of fused-ring (bicyclic) bond motifs is 1. The zero-order valence-electron chi connectivity index (χ0n) is 16.2. The summed E-state index contributed by atoms with van der Waals surface area (Å²) in [4.78, 5) is 6.70. The summed E-state index contributed by atoms with van der Waals surface area (Å²) in [5.41, 5.74) is 7.57. The number of rotatable bonds is 8. The van der Waals surface area contributed by atoms with E-state index in [1.165, 1.54) is 0 Å². The quantitative estimate of drug-likeness (QED) is 0.236. The Bertz CT molecular complexity index is 978. The van der Waals surface area contributed by atoms with E-state index in [1.54, 1.807) is 24.3 Å². The van der Waals surface area contributed by atoms with Crippen molar-refractivity contribution in [2.24, 2.45) is 16.0 Å². The number of azo groups is 1. The van der Waals surface area contributed by atoms with E-state index in [4.69, 9.17) is 11.1 Å².